The van der Waals surface area contributed by atoms with Crippen molar-refractivity contribution in [2.45, 2.75) is 51.9 Å². The molecule has 1 atom stereocenters. The van der Waals surface area contributed by atoms with Crippen molar-refractivity contribution >= 4 is 5.91 Å². The van der Waals surface area contributed by atoms with Crippen molar-refractivity contribution in [1.82, 2.24) is 30.4 Å². The van der Waals surface area contributed by atoms with Gasteiger partial charge in [0.25, 0.3) is 0 Å². The van der Waals surface area contributed by atoms with Gasteiger partial charge in [-0.2, -0.15) is 4.80 Å². The van der Waals surface area contributed by atoms with E-state index in [0.29, 0.717) is 18.4 Å². The number of piperidine rings is 1. The predicted molar refractivity (Wildman–Crippen MR) is 115 cm³/mol. The Morgan fingerprint density at radius 2 is 1.84 bits per heavy atom. The zero-order valence-electron chi connectivity index (χ0n) is 17.7. The first kappa shape index (κ1) is 21.1. The summed E-state index contributed by atoms with van der Waals surface area (Å²) < 4.78 is 12.9. The van der Waals surface area contributed by atoms with Crippen LogP contribution in [0.3, 0.4) is 0 Å². The van der Waals surface area contributed by atoms with Gasteiger partial charge in [-0.15, -0.1) is 10.2 Å². The van der Waals surface area contributed by atoms with Crippen molar-refractivity contribution in [2.24, 2.45) is 0 Å². The average molecular weight is 423 g/mol. The molecular formula is C23H27FN6O. The number of benzene rings is 2. The minimum Gasteiger partial charge on any atom is -0.350 e. The molecule has 7 nitrogen and oxygen atoms in total. The Morgan fingerprint density at radius 3 is 2.58 bits per heavy atom. The molecule has 0 spiro atoms. The number of tetrazole rings is 1. The Hall–Kier alpha value is -3.13. The number of carbonyl (C=O) groups is 1. The van der Waals surface area contributed by atoms with E-state index in [0.717, 1.165) is 24.2 Å². The molecule has 1 aliphatic rings. The van der Waals surface area contributed by atoms with E-state index < -0.39 is 0 Å². The van der Waals surface area contributed by atoms with Crippen LogP contribution in [-0.2, 0) is 24.4 Å². The molecule has 1 N–H and O–H groups in total. The highest BCUT2D eigenvalue weighted by molar-refractivity contribution is 5.75. The number of likely N-dealkylation sites (tertiary alicyclic amines) is 1. The summed E-state index contributed by atoms with van der Waals surface area (Å²) in [6.45, 7) is 4.69. The molecule has 3 aromatic rings. The molecule has 1 saturated heterocycles. The second-order valence-electron chi connectivity index (χ2n) is 8.06. The Morgan fingerprint density at radius 1 is 1.10 bits per heavy atom. The van der Waals surface area contributed by atoms with E-state index in [4.69, 9.17) is 0 Å². The van der Waals surface area contributed by atoms with Gasteiger partial charge < -0.3 is 5.32 Å². The van der Waals surface area contributed by atoms with Gasteiger partial charge >= 0.3 is 0 Å². The first-order valence-corrected chi connectivity index (χ1v) is 10.7. The Labute approximate surface area is 181 Å². The fourth-order valence-corrected chi connectivity index (χ4v) is 3.80. The summed E-state index contributed by atoms with van der Waals surface area (Å²) in [6.07, 6.45) is 3.86. The first-order valence-electron chi connectivity index (χ1n) is 10.7. The van der Waals surface area contributed by atoms with Crippen LogP contribution in [0.1, 0.15) is 37.3 Å². The molecule has 1 aromatic heterocycles. The molecule has 1 fully saturated rings. The van der Waals surface area contributed by atoms with Gasteiger partial charge in [-0.05, 0) is 54.8 Å². The summed E-state index contributed by atoms with van der Waals surface area (Å²) in [5, 5.41) is 15.1. The quantitative estimate of drug-likeness (QED) is 0.633. The van der Waals surface area contributed by atoms with Crippen LogP contribution in [0.15, 0.2) is 48.5 Å². The first-order chi connectivity index (χ1) is 15.1. The Kier molecular flexibility index (Phi) is 6.66. The number of amides is 1. The zero-order chi connectivity index (χ0) is 21.6. The maximum absolute atomic E-state index is 12.9. The lowest BCUT2D eigenvalue weighted by atomic mass is 10.0. The topological polar surface area (TPSA) is 75.9 Å². The zero-order valence-corrected chi connectivity index (χ0v) is 17.7. The maximum atomic E-state index is 12.9. The molecule has 0 bridgehead atoms. The molecular weight excluding hydrogens is 395 g/mol. The number of nitrogens with one attached hydrogen (secondary N) is 1. The number of halogens is 1. The smallest absolute Gasteiger partial charge is 0.243 e. The number of hydrogen-bond acceptors (Lipinski definition) is 5. The summed E-state index contributed by atoms with van der Waals surface area (Å²) in [5.41, 5.74) is 2.96. The molecule has 2 aromatic carbocycles. The Balaban J connectivity index is 1.30. The van der Waals surface area contributed by atoms with Crippen molar-refractivity contribution in [3.8, 4) is 11.4 Å². The van der Waals surface area contributed by atoms with Gasteiger partial charge in [0.2, 0.25) is 11.7 Å². The summed E-state index contributed by atoms with van der Waals surface area (Å²) in [7, 11) is 0. The minimum atomic E-state index is -0.302. The maximum Gasteiger partial charge on any atom is 0.243 e. The van der Waals surface area contributed by atoms with Crippen LogP contribution >= 0.6 is 0 Å². The van der Waals surface area contributed by atoms with E-state index in [1.807, 2.05) is 12.1 Å². The predicted octanol–water partition coefficient (Wildman–Crippen LogP) is 3.17. The number of hydrogen-bond donors (Lipinski definition) is 1. The number of nitrogens with zero attached hydrogens (tertiary/aromatic N) is 5. The lowest BCUT2D eigenvalue weighted by molar-refractivity contribution is -0.122. The Bertz CT molecular complexity index is 1000. The van der Waals surface area contributed by atoms with E-state index in [-0.39, 0.29) is 18.3 Å². The van der Waals surface area contributed by atoms with Crippen molar-refractivity contribution < 1.29 is 9.18 Å². The molecule has 1 unspecified atom stereocenters. The molecule has 162 valence electrons. The fourth-order valence-electron chi connectivity index (χ4n) is 3.80. The van der Waals surface area contributed by atoms with Gasteiger partial charge in [-0.25, -0.2) is 4.39 Å². The third-order valence-corrected chi connectivity index (χ3v) is 5.68. The average Bonchev–Trinajstić information content (AvgIpc) is 3.24. The summed E-state index contributed by atoms with van der Waals surface area (Å²) in [5.74, 6) is -0.0491. The third kappa shape index (κ3) is 5.73. The van der Waals surface area contributed by atoms with Crippen LogP contribution in [0.4, 0.5) is 4.39 Å². The van der Waals surface area contributed by atoms with Crippen molar-refractivity contribution in [1.29, 1.82) is 0 Å². The van der Waals surface area contributed by atoms with Crippen LogP contribution in [0.25, 0.3) is 11.4 Å². The van der Waals surface area contributed by atoms with E-state index in [2.05, 4.69) is 44.7 Å². The molecule has 1 amide bonds. The van der Waals surface area contributed by atoms with E-state index in [1.165, 1.54) is 41.8 Å². The fraction of sp³-hybridized carbons (Fsp3) is 0.391. The van der Waals surface area contributed by atoms with E-state index >= 15 is 0 Å². The van der Waals surface area contributed by atoms with Gasteiger partial charge in [0.05, 0.1) is 0 Å². The second-order valence-corrected chi connectivity index (χ2v) is 8.06. The van der Waals surface area contributed by atoms with Gasteiger partial charge in [0.15, 0.2) is 0 Å². The SMILES string of the molecule is CC1CCCCN1Cc1ccc(-c2nnn(CC(=O)NCc3ccc(F)cc3)n2)cc1. The van der Waals surface area contributed by atoms with Gasteiger partial charge in [0.1, 0.15) is 12.4 Å². The molecule has 2 heterocycles. The van der Waals surface area contributed by atoms with Crippen molar-refractivity contribution in [3.63, 3.8) is 0 Å². The summed E-state index contributed by atoms with van der Waals surface area (Å²) >= 11 is 0. The molecule has 1 aliphatic heterocycles. The third-order valence-electron chi connectivity index (χ3n) is 5.68. The molecule has 8 heteroatoms. The van der Waals surface area contributed by atoms with Crippen LogP contribution in [0.2, 0.25) is 0 Å². The lowest BCUT2D eigenvalue weighted by Crippen LogP contribution is -2.36. The van der Waals surface area contributed by atoms with Crippen LogP contribution < -0.4 is 5.32 Å². The highest BCUT2D eigenvalue weighted by Gasteiger charge is 2.18. The molecule has 31 heavy (non-hydrogen) atoms. The van der Waals surface area contributed by atoms with E-state index in [9.17, 15) is 9.18 Å². The summed E-state index contributed by atoms with van der Waals surface area (Å²) in [4.78, 5) is 15.9. The number of rotatable bonds is 7. The van der Waals surface area contributed by atoms with Crippen LogP contribution in [-0.4, -0.2) is 43.6 Å². The highest BCUT2D eigenvalue weighted by Crippen LogP contribution is 2.21. The van der Waals surface area contributed by atoms with E-state index in [1.54, 1.807) is 12.1 Å². The number of aromatic nitrogens is 4. The highest BCUT2D eigenvalue weighted by atomic mass is 19.1. The van der Waals surface area contributed by atoms with Gasteiger partial charge in [-0.3, -0.25) is 9.69 Å². The molecule has 0 radical (unpaired) electrons. The van der Waals surface area contributed by atoms with Crippen molar-refractivity contribution in [2.75, 3.05) is 6.54 Å². The molecule has 4 rings (SSSR count). The van der Waals surface area contributed by atoms with Crippen molar-refractivity contribution in [3.05, 3.63) is 65.5 Å². The summed E-state index contributed by atoms with van der Waals surface area (Å²) in [6, 6.07) is 14.8. The van der Waals surface area contributed by atoms with Crippen LogP contribution in [0.5, 0.6) is 0 Å². The van der Waals surface area contributed by atoms with Gasteiger partial charge in [0, 0.05) is 24.7 Å². The minimum absolute atomic E-state index is 0.0286. The lowest BCUT2D eigenvalue weighted by Gasteiger charge is -2.33. The monoisotopic (exact) mass is 422 g/mol. The second kappa shape index (κ2) is 9.78. The number of carbonyl (C=O) groups excluding carboxylic acids is 1. The van der Waals surface area contributed by atoms with Crippen LogP contribution in [0, 0.1) is 5.82 Å². The largest absolute Gasteiger partial charge is 0.350 e. The molecule has 0 aliphatic carbocycles. The van der Waals surface area contributed by atoms with Gasteiger partial charge in [-0.1, -0.05) is 42.8 Å². The molecule has 0 saturated carbocycles. The standard InChI is InChI=1S/C23H27FN6O/c1-17-4-2-3-13-29(17)15-19-5-9-20(10-6-19)23-26-28-30(27-23)16-22(31)25-14-18-7-11-21(24)12-8-18/h5-12,17H,2-4,13-16H2,1H3,(H,25,31). The normalized spacial score (nSPS) is 16.9.